The molecular formula is C34H38N6O2S. The molecule has 8 nitrogen and oxygen atoms in total. The van der Waals surface area contributed by atoms with Crippen molar-refractivity contribution in [1.82, 2.24) is 25.1 Å². The van der Waals surface area contributed by atoms with Crippen LogP contribution in [0.2, 0.25) is 0 Å². The fourth-order valence-electron chi connectivity index (χ4n) is 6.75. The van der Waals surface area contributed by atoms with Crippen LogP contribution in [-0.2, 0) is 4.79 Å². The van der Waals surface area contributed by atoms with Gasteiger partial charge in [0.1, 0.15) is 21.9 Å². The summed E-state index contributed by atoms with van der Waals surface area (Å²) >= 11 is 1.69. The fourth-order valence-corrected chi connectivity index (χ4v) is 7.72. The van der Waals surface area contributed by atoms with Crippen LogP contribution in [0.4, 0.5) is 5.82 Å². The third-order valence-electron chi connectivity index (χ3n) is 9.01. The summed E-state index contributed by atoms with van der Waals surface area (Å²) in [4.78, 5) is 24.8. The zero-order chi connectivity index (χ0) is 29.2. The van der Waals surface area contributed by atoms with Gasteiger partial charge in [-0.05, 0) is 80.8 Å². The standard InChI is InChI=1S/C34H38N6O2S/c1-2-6-22-10-12-24(13-11-22)34(41)40-20-5-7-25(21-40)36-32-30-28(18-19-35-31(30)38-39-32)42-26-16-14-23(15-17-26)33-37-27-8-3-4-9-29(27)43-33/h3-4,8-9,14-19,22,24-25H,2,5-7,10-13,20-21H2,1H3,(H2,35,36,38,39)/t22?,24?,25-/m1/s1. The number of carbonyl (C=O) groups excluding carboxylic acids is 1. The number of hydrogen-bond acceptors (Lipinski definition) is 7. The molecule has 1 aliphatic heterocycles. The van der Waals surface area contributed by atoms with Crippen LogP contribution in [0.25, 0.3) is 31.8 Å². The zero-order valence-corrected chi connectivity index (χ0v) is 25.4. The molecule has 0 unspecified atom stereocenters. The van der Waals surface area contributed by atoms with E-state index in [1.807, 2.05) is 48.5 Å². The van der Waals surface area contributed by atoms with Crippen molar-refractivity contribution in [2.24, 2.45) is 11.8 Å². The number of anilines is 1. The number of para-hydroxylation sites is 1. The molecule has 1 amide bonds. The number of ether oxygens (including phenoxy) is 1. The highest BCUT2D eigenvalue weighted by Crippen LogP contribution is 2.36. The van der Waals surface area contributed by atoms with Gasteiger partial charge in [0.15, 0.2) is 11.5 Å². The summed E-state index contributed by atoms with van der Waals surface area (Å²) in [5.74, 6) is 3.45. The van der Waals surface area contributed by atoms with Gasteiger partial charge >= 0.3 is 0 Å². The van der Waals surface area contributed by atoms with Crippen molar-refractivity contribution in [1.29, 1.82) is 0 Å². The van der Waals surface area contributed by atoms with Crippen molar-refractivity contribution in [3.63, 3.8) is 0 Å². The van der Waals surface area contributed by atoms with E-state index in [4.69, 9.17) is 9.72 Å². The predicted molar refractivity (Wildman–Crippen MR) is 173 cm³/mol. The highest BCUT2D eigenvalue weighted by Gasteiger charge is 2.32. The quantitative estimate of drug-likeness (QED) is 0.189. The molecule has 222 valence electrons. The predicted octanol–water partition coefficient (Wildman–Crippen LogP) is 8.04. The molecule has 4 heterocycles. The largest absolute Gasteiger partial charge is 0.456 e. The van der Waals surface area contributed by atoms with Crippen LogP contribution in [0.5, 0.6) is 11.5 Å². The smallest absolute Gasteiger partial charge is 0.225 e. The normalized spacial score (nSPS) is 20.9. The summed E-state index contributed by atoms with van der Waals surface area (Å²) < 4.78 is 7.55. The van der Waals surface area contributed by atoms with E-state index in [1.165, 1.54) is 30.4 Å². The van der Waals surface area contributed by atoms with Crippen LogP contribution >= 0.6 is 11.3 Å². The number of carbonyl (C=O) groups is 1. The van der Waals surface area contributed by atoms with E-state index in [-0.39, 0.29) is 12.0 Å². The van der Waals surface area contributed by atoms with Gasteiger partial charge in [-0.2, -0.15) is 5.10 Å². The van der Waals surface area contributed by atoms with Crippen molar-refractivity contribution in [3.8, 4) is 22.1 Å². The maximum atomic E-state index is 13.4. The molecule has 43 heavy (non-hydrogen) atoms. The SMILES string of the molecule is CCCC1CCC(C(=O)N2CCC[C@@H](Nc3n[nH]c4nccc(Oc5ccc(-c6nc7ccccc7s6)cc5)c34)C2)CC1. The molecule has 0 bridgehead atoms. The first-order chi connectivity index (χ1) is 21.1. The van der Waals surface area contributed by atoms with Gasteiger partial charge in [-0.25, -0.2) is 9.97 Å². The Morgan fingerprint density at radius 2 is 1.91 bits per heavy atom. The second-order valence-corrected chi connectivity index (χ2v) is 13.0. The van der Waals surface area contributed by atoms with Gasteiger partial charge < -0.3 is 15.0 Å². The Balaban J connectivity index is 1.03. The van der Waals surface area contributed by atoms with Gasteiger partial charge in [0, 0.05) is 42.9 Å². The van der Waals surface area contributed by atoms with E-state index in [1.54, 1.807) is 17.5 Å². The number of benzene rings is 2. The van der Waals surface area contributed by atoms with Crippen molar-refractivity contribution in [2.45, 2.75) is 64.3 Å². The van der Waals surface area contributed by atoms with Crippen molar-refractivity contribution in [3.05, 3.63) is 60.8 Å². The lowest BCUT2D eigenvalue weighted by atomic mass is 9.79. The zero-order valence-electron chi connectivity index (χ0n) is 24.6. The first kappa shape index (κ1) is 27.8. The monoisotopic (exact) mass is 594 g/mol. The highest BCUT2D eigenvalue weighted by atomic mass is 32.1. The summed E-state index contributed by atoms with van der Waals surface area (Å²) in [7, 11) is 0. The molecule has 2 N–H and O–H groups in total. The van der Waals surface area contributed by atoms with Gasteiger partial charge in [-0.15, -0.1) is 11.3 Å². The number of aromatic nitrogens is 4. The first-order valence-electron chi connectivity index (χ1n) is 15.7. The maximum absolute atomic E-state index is 13.4. The van der Waals surface area contributed by atoms with Gasteiger partial charge in [-0.1, -0.05) is 31.9 Å². The molecule has 2 aromatic carbocycles. The summed E-state index contributed by atoms with van der Waals surface area (Å²) in [5.41, 5.74) is 2.74. The Kier molecular flexibility index (Phi) is 7.98. The van der Waals surface area contributed by atoms with E-state index in [0.717, 1.165) is 65.4 Å². The molecule has 1 saturated heterocycles. The third-order valence-corrected chi connectivity index (χ3v) is 10.1. The minimum absolute atomic E-state index is 0.127. The average molecular weight is 595 g/mol. The number of likely N-dealkylation sites (tertiary alicyclic amines) is 1. The van der Waals surface area contributed by atoms with Crippen LogP contribution in [-0.4, -0.2) is 50.1 Å². The lowest BCUT2D eigenvalue weighted by Gasteiger charge is -2.37. The minimum Gasteiger partial charge on any atom is -0.456 e. The maximum Gasteiger partial charge on any atom is 0.225 e. The highest BCUT2D eigenvalue weighted by molar-refractivity contribution is 7.21. The second-order valence-electron chi connectivity index (χ2n) is 12.0. The summed E-state index contributed by atoms with van der Waals surface area (Å²) in [5, 5.41) is 13.0. The number of H-pyrrole nitrogens is 1. The Hall–Kier alpha value is -3.98. The van der Waals surface area contributed by atoms with Crippen molar-refractivity contribution >= 4 is 44.3 Å². The number of aromatic amines is 1. The van der Waals surface area contributed by atoms with Crippen molar-refractivity contribution < 1.29 is 9.53 Å². The number of thiazole rings is 1. The number of amides is 1. The number of pyridine rings is 1. The number of rotatable bonds is 8. The molecule has 1 saturated carbocycles. The molecule has 2 aliphatic rings. The van der Waals surface area contributed by atoms with E-state index in [9.17, 15) is 4.79 Å². The second kappa shape index (κ2) is 12.3. The van der Waals surface area contributed by atoms with Gasteiger partial charge in [-0.3, -0.25) is 9.89 Å². The van der Waals surface area contributed by atoms with Crippen LogP contribution in [0.3, 0.4) is 0 Å². The third kappa shape index (κ3) is 5.95. The molecule has 3 aromatic heterocycles. The topological polar surface area (TPSA) is 96.0 Å². The number of fused-ring (bicyclic) bond motifs is 2. The average Bonchev–Trinajstić information content (AvgIpc) is 3.67. The summed E-state index contributed by atoms with van der Waals surface area (Å²) in [6, 6.07) is 18.2. The Morgan fingerprint density at radius 3 is 2.72 bits per heavy atom. The Labute approximate surface area is 255 Å². The molecule has 2 fully saturated rings. The lowest BCUT2D eigenvalue weighted by Crippen LogP contribution is -2.47. The van der Waals surface area contributed by atoms with Crippen LogP contribution in [0.1, 0.15) is 58.3 Å². The van der Waals surface area contributed by atoms with Gasteiger partial charge in [0.25, 0.3) is 0 Å². The molecule has 0 radical (unpaired) electrons. The molecule has 9 heteroatoms. The van der Waals surface area contributed by atoms with Crippen molar-refractivity contribution in [2.75, 3.05) is 18.4 Å². The first-order valence-corrected chi connectivity index (χ1v) is 16.5. The van der Waals surface area contributed by atoms with Crippen LogP contribution in [0, 0.1) is 11.8 Å². The van der Waals surface area contributed by atoms with Crippen LogP contribution in [0.15, 0.2) is 60.8 Å². The van der Waals surface area contributed by atoms with E-state index in [0.29, 0.717) is 29.7 Å². The van der Waals surface area contributed by atoms with Gasteiger partial charge in [0.2, 0.25) is 5.91 Å². The van der Waals surface area contributed by atoms with Crippen LogP contribution < -0.4 is 10.1 Å². The molecular weight excluding hydrogens is 556 g/mol. The number of nitrogens with one attached hydrogen (secondary N) is 2. The molecule has 1 aliphatic carbocycles. The number of nitrogens with zero attached hydrogens (tertiary/aromatic N) is 4. The lowest BCUT2D eigenvalue weighted by molar-refractivity contribution is -0.138. The molecule has 0 spiro atoms. The summed E-state index contributed by atoms with van der Waals surface area (Å²) in [6.45, 7) is 3.80. The summed E-state index contributed by atoms with van der Waals surface area (Å²) in [6.07, 6.45) is 10.7. The van der Waals surface area contributed by atoms with E-state index in [2.05, 4.69) is 38.4 Å². The molecule has 5 aromatic rings. The number of piperidine rings is 1. The van der Waals surface area contributed by atoms with E-state index < -0.39 is 0 Å². The molecule has 7 rings (SSSR count). The van der Waals surface area contributed by atoms with E-state index >= 15 is 0 Å². The molecule has 1 atom stereocenters. The Morgan fingerprint density at radius 1 is 1.07 bits per heavy atom. The number of hydrogen-bond donors (Lipinski definition) is 2. The Bertz CT molecular complexity index is 1670. The van der Waals surface area contributed by atoms with Gasteiger partial charge in [0.05, 0.1) is 10.2 Å². The minimum atomic E-state index is 0.127. The fraction of sp³-hybridized carbons (Fsp3) is 0.412.